The summed E-state index contributed by atoms with van der Waals surface area (Å²) in [4.78, 5) is 0. The van der Waals surface area contributed by atoms with Gasteiger partial charge in [0, 0.05) is 17.8 Å². The van der Waals surface area contributed by atoms with Gasteiger partial charge in [0.05, 0.1) is 0 Å². The van der Waals surface area contributed by atoms with Crippen LogP contribution in [-0.4, -0.2) is 12.1 Å². The fourth-order valence-electron chi connectivity index (χ4n) is 2.86. The minimum Gasteiger partial charge on any atom is -0.378 e. The van der Waals surface area contributed by atoms with Crippen LogP contribution in [0.5, 0.6) is 0 Å². The Morgan fingerprint density at radius 2 is 1.89 bits per heavy atom. The van der Waals surface area contributed by atoms with Gasteiger partial charge in [-0.2, -0.15) is 0 Å². The minimum atomic E-state index is -0.197. The van der Waals surface area contributed by atoms with E-state index < -0.39 is 0 Å². The first-order valence-electron chi connectivity index (χ1n) is 6.91. The predicted octanol–water partition coefficient (Wildman–Crippen LogP) is 3.54. The molecular weight excluding hydrogens is 227 g/mol. The lowest BCUT2D eigenvalue weighted by atomic mass is 9.75. The zero-order chi connectivity index (χ0) is 13.0. The zero-order valence-corrected chi connectivity index (χ0v) is 11.1. The van der Waals surface area contributed by atoms with Gasteiger partial charge in [-0.25, -0.2) is 4.39 Å². The van der Waals surface area contributed by atoms with Crippen molar-refractivity contribution in [1.29, 1.82) is 0 Å². The molecule has 0 aliphatic heterocycles. The molecule has 0 unspecified atom stereocenters. The summed E-state index contributed by atoms with van der Waals surface area (Å²) in [5, 5.41) is 3.52. The van der Waals surface area contributed by atoms with E-state index in [9.17, 15) is 4.39 Å². The van der Waals surface area contributed by atoms with Crippen LogP contribution in [0, 0.1) is 11.7 Å². The first kappa shape index (κ1) is 13.3. The lowest BCUT2D eigenvalue weighted by Gasteiger charge is -2.40. The number of nitrogens with one attached hydrogen (secondary N) is 1. The predicted molar refractivity (Wildman–Crippen MR) is 74.1 cm³/mol. The third-order valence-corrected chi connectivity index (χ3v) is 4.28. The van der Waals surface area contributed by atoms with Crippen LogP contribution >= 0.6 is 0 Å². The van der Waals surface area contributed by atoms with Crippen molar-refractivity contribution >= 4 is 5.69 Å². The van der Waals surface area contributed by atoms with Crippen LogP contribution in [0.25, 0.3) is 0 Å². The molecule has 0 radical (unpaired) electrons. The largest absolute Gasteiger partial charge is 0.378 e. The van der Waals surface area contributed by atoms with Crippen LogP contribution in [0.3, 0.4) is 0 Å². The summed E-state index contributed by atoms with van der Waals surface area (Å²) in [5.41, 5.74) is 6.94. The lowest BCUT2D eigenvalue weighted by Crippen LogP contribution is -2.48. The Balaban J connectivity index is 2.03. The Labute approximate surface area is 109 Å². The van der Waals surface area contributed by atoms with Gasteiger partial charge in [0.1, 0.15) is 5.82 Å². The van der Waals surface area contributed by atoms with Crippen LogP contribution in [-0.2, 0) is 0 Å². The molecule has 1 aliphatic rings. The van der Waals surface area contributed by atoms with Crippen molar-refractivity contribution in [2.24, 2.45) is 11.7 Å². The number of nitrogens with two attached hydrogens (primary N) is 1. The van der Waals surface area contributed by atoms with Crippen molar-refractivity contribution in [1.82, 2.24) is 0 Å². The van der Waals surface area contributed by atoms with Crippen molar-refractivity contribution in [3.05, 3.63) is 30.1 Å². The molecule has 1 aromatic carbocycles. The standard InChI is InChI=1S/C15H23FN2/c1-2-12-7-9-15(11-17,10-8-12)18-14-5-3-13(16)4-6-14/h3-6,12,18H,2,7-11,17H2,1H3. The van der Waals surface area contributed by atoms with Gasteiger partial charge in [-0.15, -0.1) is 0 Å². The van der Waals surface area contributed by atoms with Crippen molar-refractivity contribution in [2.45, 2.75) is 44.6 Å². The number of halogens is 1. The van der Waals surface area contributed by atoms with E-state index in [-0.39, 0.29) is 11.4 Å². The number of anilines is 1. The monoisotopic (exact) mass is 250 g/mol. The number of rotatable bonds is 4. The third kappa shape index (κ3) is 3.02. The van der Waals surface area contributed by atoms with E-state index in [1.807, 2.05) is 0 Å². The molecule has 1 aromatic rings. The van der Waals surface area contributed by atoms with Gasteiger partial charge in [0.2, 0.25) is 0 Å². The van der Waals surface area contributed by atoms with E-state index in [1.54, 1.807) is 12.1 Å². The lowest BCUT2D eigenvalue weighted by molar-refractivity contribution is 0.253. The van der Waals surface area contributed by atoms with E-state index in [2.05, 4.69) is 12.2 Å². The first-order valence-corrected chi connectivity index (χ1v) is 6.91. The van der Waals surface area contributed by atoms with E-state index in [0.717, 1.165) is 24.4 Å². The van der Waals surface area contributed by atoms with Crippen molar-refractivity contribution in [3.8, 4) is 0 Å². The molecule has 1 saturated carbocycles. The maximum absolute atomic E-state index is 12.9. The van der Waals surface area contributed by atoms with Crippen LogP contribution in [0.15, 0.2) is 24.3 Å². The maximum atomic E-state index is 12.9. The number of hydrogen-bond acceptors (Lipinski definition) is 2. The Hall–Kier alpha value is -1.09. The summed E-state index contributed by atoms with van der Waals surface area (Å²) >= 11 is 0. The SMILES string of the molecule is CCC1CCC(CN)(Nc2ccc(F)cc2)CC1. The van der Waals surface area contributed by atoms with Gasteiger partial charge in [-0.1, -0.05) is 13.3 Å². The molecule has 0 aromatic heterocycles. The van der Waals surface area contributed by atoms with E-state index >= 15 is 0 Å². The third-order valence-electron chi connectivity index (χ3n) is 4.28. The van der Waals surface area contributed by atoms with Gasteiger partial charge in [0.15, 0.2) is 0 Å². The summed E-state index contributed by atoms with van der Waals surface area (Å²) < 4.78 is 12.9. The summed E-state index contributed by atoms with van der Waals surface area (Å²) in [6.45, 7) is 2.90. The van der Waals surface area contributed by atoms with Crippen molar-refractivity contribution in [2.75, 3.05) is 11.9 Å². The molecule has 3 N–H and O–H groups in total. The van der Waals surface area contributed by atoms with Gasteiger partial charge >= 0.3 is 0 Å². The second-order valence-corrected chi connectivity index (χ2v) is 5.47. The van der Waals surface area contributed by atoms with E-state index in [4.69, 9.17) is 5.73 Å². The molecule has 0 saturated heterocycles. The fourth-order valence-corrected chi connectivity index (χ4v) is 2.86. The Morgan fingerprint density at radius 3 is 2.39 bits per heavy atom. The first-order chi connectivity index (χ1) is 8.67. The summed E-state index contributed by atoms with van der Waals surface area (Å²) in [6.07, 6.45) is 5.96. The highest BCUT2D eigenvalue weighted by Crippen LogP contribution is 2.35. The highest BCUT2D eigenvalue weighted by atomic mass is 19.1. The highest BCUT2D eigenvalue weighted by molar-refractivity contribution is 5.45. The average Bonchev–Trinajstić information content (AvgIpc) is 2.42. The molecule has 0 bridgehead atoms. The maximum Gasteiger partial charge on any atom is 0.123 e. The van der Waals surface area contributed by atoms with E-state index in [1.165, 1.54) is 31.4 Å². The molecule has 0 atom stereocenters. The topological polar surface area (TPSA) is 38.0 Å². The summed E-state index contributed by atoms with van der Waals surface area (Å²) in [6, 6.07) is 6.56. The van der Waals surface area contributed by atoms with Crippen LogP contribution in [0.2, 0.25) is 0 Å². The van der Waals surface area contributed by atoms with Gasteiger partial charge < -0.3 is 11.1 Å². The van der Waals surface area contributed by atoms with Crippen molar-refractivity contribution in [3.63, 3.8) is 0 Å². The Morgan fingerprint density at radius 1 is 1.28 bits per heavy atom. The Kier molecular flexibility index (Phi) is 4.23. The molecular formula is C15H23FN2. The second kappa shape index (κ2) is 5.70. The van der Waals surface area contributed by atoms with Crippen molar-refractivity contribution < 1.29 is 4.39 Å². The molecule has 1 aliphatic carbocycles. The molecule has 0 heterocycles. The molecule has 100 valence electrons. The number of benzene rings is 1. The molecule has 2 rings (SSSR count). The molecule has 0 amide bonds. The second-order valence-electron chi connectivity index (χ2n) is 5.47. The summed E-state index contributed by atoms with van der Waals surface area (Å²) in [7, 11) is 0. The summed E-state index contributed by atoms with van der Waals surface area (Å²) in [5.74, 6) is 0.650. The van der Waals surface area contributed by atoms with Crippen LogP contribution in [0.1, 0.15) is 39.0 Å². The normalized spacial score (nSPS) is 28.1. The van der Waals surface area contributed by atoms with E-state index in [0.29, 0.717) is 6.54 Å². The van der Waals surface area contributed by atoms with Gasteiger partial charge in [-0.05, 0) is 55.9 Å². The fraction of sp³-hybridized carbons (Fsp3) is 0.600. The van der Waals surface area contributed by atoms with Gasteiger partial charge in [-0.3, -0.25) is 0 Å². The average molecular weight is 250 g/mol. The molecule has 3 heteroatoms. The molecule has 2 nitrogen and oxygen atoms in total. The van der Waals surface area contributed by atoms with Crippen LogP contribution < -0.4 is 11.1 Å². The van der Waals surface area contributed by atoms with Gasteiger partial charge in [0.25, 0.3) is 0 Å². The highest BCUT2D eigenvalue weighted by Gasteiger charge is 2.33. The minimum absolute atomic E-state index is 0.00347. The van der Waals surface area contributed by atoms with Crippen LogP contribution in [0.4, 0.5) is 10.1 Å². The molecule has 1 fully saturated rings. The smallest absolute Gasteiger partial charge is 0.123 e. The molecule has 18 heavy (non-hydrogen) atoms. The Bertz CT molecular complexity index is 367. The zero-order valence-electron chi connectivity index (χ0n) is 11.1. The quantitative estimate of drug-likeness (QED) is 0.857. The molecule has 0 spiro atoms. The number of hydrogen-bond donors (Lipinski definition) is 2.